The number of rotatable bonds is 7. The zero-order chi connectivity index (χ0) is 19.4. The first kappa shape index (κ1) is 19.5. The molecule has 9 heteroatoms. The van der Waals surface area contributed by atoms with E-state index in [9.17, 15) is 21.6 Å². The molecule has 2 aromatic rings. The maximum atomic E-state index is 13.0. The molecule has 1 saturated heterocycles. The van der Waals surface area contributed by atoms with Crippen molar-refractivity contribution in [3.8, 4) is 5.75 Å². The minimum Gasteiger partial charge on any atom is -0.433 e. The summed E-state index contributed by atoms with van der Waals surface area (Å²) in [6, 6.07) is 11.4. The zero-order valence-electron chi connectivity index (χ0n) is 14.3. The summed E-state index contributed by atoms with van der Waals surface area (Å²) in [5.74, 6) is -0.653. The van der Waals surface area contributed by atoms with E-state index in [0.717, 1.165) is 18.7 Å². The zero-order valence-corrected chi connectivity index (χ0v) is 15.1. The van der Waals surface area contributed by atoms with E-state index in [-0.39, 0.29) is 28.9 Å². The van der Waals surface area contributed by atoms with Crippen molar-refractivity contribution in [2.24, 2.45) is 5.92 Å². The van der Waals surface area contributed by atoms with E-state index in [1.807, 2.05) is 4.90 Å². The van der Waals surface area contributed by atoms with Gasteiger partial charge in [-0.15, -0.1) is 0 Å². The van der Waals surface area contributed by atoms with Crippen LogP contribution in [0.15, 0.2) is 53.4 Å². The molecule has 0 bridgehead atoms. The second-order valence-corrected chi connectivity index (χ2v) is 7.99. The third-order valence-corrected chi connectivity index (χ3v) is 5.86. The van der Waals surface area contributed by atoms with Gasteiger partial charge in [0.05, 0.1) is 0 Å². The molecular formula is C18H19F3N2O3S. The second kappa shape index (κ2) is 8.18. The Morgan fingerprint density at radius 3 is 2.56 bits per heavy atom. The van der Waals surface area contributed by atoms with Gasteiger partial charge in [-0.3, -0.25) is 0 Å². The van der Waals surface area contributed by atoms with Gasteiger partial charge in [0.15, 0.2) is 0 Å². The van der Waals surface area contributed by atoms with Crippen LogP contribution in [0.25, 0.3) is 0 Å². The molecular weight excluding hydrogens is 381 g/mol. The summed E-state index contributed by atoms with van der Waals surface area (Å²) in [5, 5.41) is 0. The molecule has 1 fully saturated rings. The van der Waals surface area contributed by atoms with Gasteiger partial charge in [-0.1, -0.05) is 12.1 Å². The Morgan fingerprint density at radius 1 is 1.15 bits per heavy atom. The smallest absolute Gasteiger partial charge is 0.387 e. The standard InChI is InChI=1S/C18H19F3N2O3S/c19-14-5-7-15(8-6-14)23-10-9-13(12-23)11-22-27(24,25)17-4-2-1-3-16(17)26-18(20)21/h1-8,13,18,22H,9-12H2. The molecule has 0 aliphatic carbocycles. The summed E-state index contributed by atoms with van der Waals surface area (Å²) in [4.78, 5) is 1.73. The van der Waals surface area contributed by atoms with Crippen molar-refractivity contribution in [2.45, 2.75) is 17.9 Å². The number of ether oxygens (including phenoxy) is 1. The van der Waals surface area contributed by atoms with E-state index in [1.54, 1.807) is 12.1 Å². The quantitative estimate of drug-likeness (QED) is 0.775. The maximum absolute atomic E-state index is 13.0. The fraction of sp³-hybridized carbons (Fsp3) is 0.333. The molecule has 2 aromatic carbocycles. The average Bonchev–Trinajstić information content (AvgIpc) is 3.10. The Kier molecular flexibility index (Phi) is 5.91. The molecule has 1 atom stereocenters. The third-order valence-electron chi connectivity index (χ3n) is 4.39. The monoisotopic (exact) mass is 400 g/mol. The summed E-state index contributed by atoms with van der Waals surface area (Å²) in [5.41, 5.74) is 0.873. The van der Waals surface area contributed by atoms with Gasteiger partial charge in [-0.25, -0.2) is 17.5 Å². The van der Waals surface area contributed by atoms with Gasteiger partial charge in [0, 0.05) is 25.3 Å². The number of para-hydroxylation sites is 1. The van der Waals surface area contributed by atoms with Crippen LogP contribution in [0.1, 0.15) is 6.42 Å². The summed E-state index contributed by atoms with van der Waals surface area (Å²) in [6.07, 6.45) is 0.759. The van der Waals surface area contributed by atoms with Crippen LogP contribution in [0.2, 0.25) is 0 Å². The molecule has 0 amide bonds. The lowest BCUT2D eigenvalue weighted by molar-refractivity contribution is -0.0517. The Balaban J connectivity index is 1.62. The van der Waals surface area contributed by atoms with Crippen LogP contribution in [-0.4, -0.2) is 34.7 Å². The lowest BCUT2D eigenvalue weighted by atomic mass is 10.1. The maximum Gasteiger partial charge on any atom is 0.387 e. The van der Waals surface area contributed by atoms with E-state index in [4.69, 9.17) is 0 Å². The number of hydrogen-bond acceptors (Lipinski definition) is 4. The van der Waals surface area contributed by atoms with E-state index in [2.05, 4.69) is 9.46 Å². The molecule has 1 unspecified atom stereocenters. The average molecular weight is 400 g/mol. The highest BCUT2D eigenvalue weighted by atomic mass is 32.2. The fourth-order valence-electron chi connectivity index (χ4n) is 3.06. The summed E-state index contributed by atoms with van der Waals surface area (Å²) >= 11 is 0. The third kappa shape index (κ3) is 4.92. The molecule has 0 saturated carbocycles. The largest absolute Gasteiger partial charge is 0.433 e. The van der Waals surface area contributed by atoms with Crippen LogP contribution in [0.5, 0.6) is 5.75 Å². The number of hydrogen-bond donors (Lipinski definition) is 1. The molecule has 1 heterocycles. The molecule has 1 aliphatic heterocycles. The Hall–Kier alpha value is -2.26. The number of anilines is 1. The first-order valence-corrected chi connectivity index (χ1v) is 9.87. The molecule has 5 nitrogen and oxygen atoms in total. The van der Waals surface area contributed by atoms with Crippen LogP contribution in [0.4, 0.5) is 18.9 Å². The first-order chi connectivity index (χ1) is 12.8. The van der Waals surface area contributed by atoms with Crippen LogP contribution in [-0.2, 0) is 10.0 Å². The van der Waals surface area contributed by atoms with Crippen LogP contribution in [0, 0.1) is 11.7 Å². The highest BCUT2D eigenvalue weighted by Gasteiger charge is 2.26. The van der Waals surface area contributed by atoms with Crippen molar-refractivity contribution < 1.29 is 26.3 Å². The van der Waals surface area contributed by atoms with Crippen molar-refractivity contribution in [3.05, 3.63) is 54.3 Å². The molecule has 0 spiro atoms. The van der Waals surface area contributed by atoms with Gasteiger partial charge in [0.25, 0.3) is 0 Å². The van der Waals surface area contributed by atoms with Crippen molar-refractivity contribution in [1.29, 1.82) is 0 Å². The molecule has 3 rings (SSSR count). The minimum atomic E-state index is -3.99. The van der Waals surface area contributed by atoms with E-state index < -0.39 is 16.6 Å². The van der Waals surface area contributed by atoms with Gasteiger partial charge < -0.3 is 9.64 Å². The Labute approximate surface area is 155 Å². The molecule has 0 aromatic heterocycles. The number of sulfonamides is 1. The topological polar surface area (TPSA) is 58.6 Å². The Bertz CT molecular complexity index is 876. The normalized spacial score (nSPS) is 17.5. The fourth-order valence-corrected chi connectivity index (χ4v) is 4.31. The van der Waals surface area contributed by atoms with Crippen LogP contribution in [0.3, 0.4) is 0 Å². The number of nitrogens with zero attached hydrogens (tertiary/aromatic N) is 1. The Morgan fingerprint density at radius 2 is 1.85 bits per heavy atom. The van der Waals surface area contributed by atoms with Crippen LogP contribution >= 0.6 is 0 Å². The SMILES string of the molecule is O=S(=O)(NCC1CCN(c2ccc(F)cc2)C1)c1ccccc1OC(F)F. The van der Waals surface area contributed by atoms with E-state index in [0.29, 0.717) is 6.54 Å². The highest BCUT2D eigenvalue weighted by Crippen LogP contribution is 2.26. The van der Waals surface area contributed by atoms with Gasteiger partial charge in [-0.05, 0) is 48.7 Å². The number of halogens is 3. The van der Waals surface area contributed by atoms with Crippen molar-refractivity contribution in [1.82, 2.24) is 4.72 Å². The highest BCUT2D eigenvalue weighted by molar-refractivity contribution is 7.89. The van der Waals surface area contributed by atoms with Crippen molar-refractivity contribution in [2.75, 3.05) is 24.5 Å². The molecule has 1 N–H and O–H groups in total. The number of alkyl halides is 2. The number of nitrogens with one attached hydrogen (secondary N) is 1. The predicted octanol–water partition coefficient (Wildman–Crippen LogP) is 3.23. The molecule has 0 radical (unpaired) electrons. The van der Waals surface area contributed by atoms with Gasteiger partial charge >= 0.3 is 6.61 Å². The van der Waals surface area contributed by atoms with E-state index >= 15 is 0 Å². The second-order valence-electron chi connectivity index (χ2n) is 6.25. The predicted molar refractivity (Wildman–Crippen MR) is 95.0 cm³/mol. The summed E-state index contributed by atoms with van der Waals surface area (Å²) < 4.78 is 69.7. The van der Waals surface area contributed by atoms with Gasteiger partial charge in [0.2, 0.25) is 10.0 Å². The van der Waals surface area contributed by atoms with Crippen molar-refractivity contribution in [3.63, 3.8) is 0 Å². The molecule has 1 aliphatic rings. The van der Waals surface area contributed by atoms with E-state index in [1.165, 1.54) is 36.4 Å². The minimum absolute atomic E-state index is 0.0491. The first-order valence-electron chi connectivity index (χ1n) is 8.39. The van der Waals surface area contributed by atoms with Gasteiger partial charge in [-0.2, -0.15) is 8.78 Å². The molecule has 146 valence electrons. The molecule has 27 heavy (non-hydrogen) atoms. The van der Waals surface area contributed by atoms with Crippen molar-refractivity contribution >= 4 is 15.7 Å². The lowest BCUT2D eigenvalue weighted by Gasteiger charge is -2.19. The summed E-state index contributed by atoms with van der Waals surface area (Å²) in [6.45, 7) is -1.60. The lowest BCUT2D eigenvalue weighted by Crippen LogP contribution is -2.31. The number of benzene rings is 2. The van der Waals surface area contributed by atoms with Gasteiger partial charge in [0.1, 0.15) is 16.5 Å². The van der Waals surface area contributed by atoms with Crippen LogP contribution < -0.4 is 14.4 Å². The summed E-state index contributed by atoms with van der Waals surface area (Å²) in [7, 11) is -3.99.